The van der Waals surface area contributed by atoms with E-state index in [0.29, 0.717) is 12.5 Å². The summed E-state index contributed by atoms with van der Waals surface area (Å²) >= 11 is 0. The number of ether oxygens (including phenoxy) is 1. The molecule has 2 fully saturated rings. The summed E-state index contributed by atoms with van der Waals surface area (Å²) in [6.45, 7) is 10.5. The van der Waals surface area contributed by atoms with Gasteiger partial charge in [0.1, 0.15) is 17.7 Å². The highest BCUT2D eigenvalue weighted by molar-refractivity contribution is 6.04. The van der Waals surface area contributed by atoms with Crippen molar-refractivity contribution in [3.8, 4) is 0 Å². The standard InChI is InChI=1S/C25H34N6O2/c1-25(2,3)13-18-14-30(16-22-26-9-4-10-27-22)15-19(18)23-28-24(32)21-6-5-20(31(21)29-23)17-7-11-33-12-8-17/h4-5,9-10,13,17,19,21H,6-8,11-12,14-16H2,1-3H3,(H,28,29,32)/b18-13+/t19-,21?/m1/s1. The van der Waals surface area contributed by atoms with Crippen LogP contribution in [0.1, 0.15) is 45.9 Å². The van der Waals surface area contributed by atoms with Crippen molar-refractivity contribution >= 4 is 11.7 Å². The average Bonchev–Trinajstić information content (AvgIpc) is 3.38. The maximum Gasteiger partial charge on any atom is 0.250 e. The van der Waals surface area contributed by atoms with Gasteiger partial charge in [-0.2, -0.15) is 5.10 Å². The first-order valence-corrected chi connectivity index (χ1v) is 12.0. The van der Waals surface area contributed by atoms with Crippen LogP contribution in [0, 0.1) is 17.3 Å². The van der Waals surface area contributed by atoms with Crippen LogP contribution < -0.4 is 5.32 Å². The molecule has 4 aliphatic heterocycles. The largest absolute Gasteiger partial charge is 0.381 e. The molecule has 0 spiro atoms. The number of nitrogens with one attached hydrogen (secondary N) is 1. The summed E-state index contributed by atoms with van der Waals surface area (Å²) in [5.41, 5.74) is 2.53. The fourth-order valence-electron chi connectivity index (χ4n) is 5.31. The first kappa shape index (κ1) is 22.2. The quantitative estimate of drug-likeness (QED) is 0.711. The zero-order valence-electron chi connectivity index (χ0n) is 19.8. The molecule has 1 unspecified atom stereocenters. The lowest BCUT2D eigenvalue weighted by molar-refractivity contribution is -0.124. The number of hydrogen-bond acceptors (Lipinski definition) is 7. The third-order valence-electron chi connectivity index (χ3n) is 6.75. The van der Waals surface area contributed by atoms with E-state index in [1.54, 1.807) is 12.4 Å². The lowest BCUT2D eigenvalue weighted by Crippen LogP contribution is -2.52. The SMILES string of the molecule is CC(C)(C)/C=C1\CN(Cc2ncccn2)C[C@H]1C1=NN2C(C3CCOCC3)=CCC2C(=O)N1. The lowest BCUT2D eigenvalue weighted by atomic mass is 9.89. The summed E-state index contributed by atoms with van der Waals surface area (Å²) in [4.78, 5) is 24.2. The first-order chi connectivity index (χ1) is 15.9. The highest BCUT2D eigenvalue weighted by atomic mass is 16.5. The van der Waals surface area contributed by atoms with Crippen LogP contribution in [0.4, 0.5) is 0 Å². The fourth-order valence-corrected chi connectivity index (χ4v) is 5.31. The molecule has 5 rings (SSSR count). The van der Waals surface area contributed by atoms with E-state index in [9.17, 15) is 4.79 Å². The van der Waals surface area contributed by atoms with Crippen LogP contribution >= 0.6 is 0 Å². The van der Waals surface area contributed by atoms with Gasteiger partial charge < -0.3 is 10.1 Å². The van der Waals surface area contributed by atoms with Gasteiger partial charge in [0.2, 0.25) is 0 Å². The van der Waals surface area contributed by atoms with Crippen molar-refractivity contribution in [3.63, 3.8) is 0 Å². The molecule has 1 N–H and O–H groups in total. The van der Waals surface area contributed by atoms with Gasteiger partial charge in [0.15, 0.2) is 0 Å². The van der Waals surface area contributed by atoms with E-state index < -0.39 is 0 Å². The van der Waals surface area contributed by atoms with E-state index in [1.807, 2.05) is 11.1 Å². The molecule has 0 aliphatic carbocycles. The van der Waals surface area contributed by atoms with Crippen LogP contribution in [-0.2, 0) is 16.1 Å². The second kappa shape index (κ2) is 8.99. The highest BCUT2D eigenvalue weighted by Gasteiger charge is 2.42. The van der Waals surface area contributed by atoms with Crippen molar-refractivity contribution in [1.29, 1.82) is 0 Å². The van der Waals surface area contributed by atoms with Gasteiger partial charge in [-0.25, -0.2) is 9.97 Å². The van der Waals surface area contributed by atoms with Gasteiger partial charge in [0.05, 0.1) is 12.5 Å². The van der Waals surface area contributed by atoms with Crippen LogP contribution in [0.5, 0.6) is 0 Å². The van der Waals surface area contributed by atoms with Gasteiger partial charge >= 0.3 is 0 Å². The Morgan fingerprint density at radius 3 is 2.70 bits per heavy atom. The Morgan fingerprint density at radius 1 is 1.21 bits per heavy atom. The fraction of sp³-hybridized carbons (Fsp3) is 0.600. The molecule has 176 valence electrons. The number of hydrogen-bond donors (Lipinski definition) is 1. The molecule has 0 saturated carbocycles. The second-order valence-electron chi connectivity index (χ2n) is 10.6. The van der Waals surface area contributed by atoms with Crippen molar-refractivity contribution in [2.75, 3.05) is 26.3 Å². The van der Waals surface area contributed by atoms with Gasteiger partial charge in [0, 0.05) is 50.3 Å². The summed E-state index contributed by atoms with van der Waals surface area (Å²) in [5, 5.41) is 10.2. The maximum atomic E-state index is 13.1. The Kier molecular flexibility index (Phi) is 6.05. The molecule has 2 atom stereocenters. The Morgan fingerprint density at radius 2 is 1.97 bits per heavy atom. The zero-order chi connectivity index (χ0) is 23.0. The number of nitrogens with zero attached hydrogens (tertiary/aromatic N) is 5. The van der Waals surface area contributed by atoms with Crippen LogP contribution in [-0.4, -0.2) is 64.0 Å². The minimum Gasteiger partial charge on any atom is -0.381 e. The molecule has 8 nitrogen and oxygen atoms in total. The number of carbonyl (C=O) groups is 1. The summed E-state index contributed by atoms with van der Waals surface area (Å²) in [6.07, 6.45) is 10.8. The number of rotatable bonds is 4. The molecule has 0 aromatic carbocycles. The molecule has 1 amide bonds. The van der Waals surface area contributed by atoms with Gasteiger partial charge in [-0.15, -0.1) is 0 Å². The maximum absolute atomic E-state index is 13.1. The number of amidine groups is 1. The van der Waals surface area contributed by atoms with Crippen LogP contribution in [0.2, 0.25) is 0 Å². The number of allylic oxidation sites excluding steroid dienone is 2. The predicted octanol–water partition coefficient (Wildman–Crippen LogP) is 2.71. The van der Waals surface area contributed by atoms with Gasteiger partial charge in [-0.3, -0.25) is 14.7 Å². The van der Waals surface area contributed by atoms with Gasteiger partial charge in [-0.05, 0) is 36.3 Å². The second-order valence-corrected chi connectivity index (χ2v) is 10.6. The molecule has 5 heterocycles. The Bertz CT molecular complexity index is 974. The van der Waals surface area contributed by atoms with E-state index in [0.717, 1.165) is 57.2 Å². The smallest absolute Gasteiger partial charge is 0.250 e. The van der Waals surface area contributed by atoms with E-state index in [1.165, 1.54) is 11.3 Å². The van der Waals surface area contributed by atoms with Crippen molar-refractivity contribution < 1.29 is 9.53 Å². The first-order valence-electron chi connectivity index (χ1n) is 12.0. The third-order valence-corrected chi connectivity index (χ3v) is 6.75. The van der Waals surface area contributed by atoms with Crippen LogP contribution in [0.3, 0.4) is 0 Å². The average molecular weight is 451 g/mol. The molecule has 1 aromatic heterocycles. The predicted molar refractivity (Wildman–Crippen MR) is 126 cm³/mol. The van der Waals surface area contributed by atoms with Crippen LogP contribution in [0.25, 0.3) is 0 Å². The molecule has 0 radical (unpaired) electrons. The summed E-state index contributed by atoms with van der Waals surface area (Å²) < 4.78 is 5.56. The molecule has 0 bridgehead atoms. The van der Waals surface area contributed by atoms with Crippen molar-refractivity contribution in [1.82, 2.24) is 25.2 Å². The number of hydrazone groups is 1. The minimum atomic E-state index is -0.225. The van der Waals surface area contributed by atoms with E-state index in [-0.39, 0.29) is 23.3 Å². The van der Waals surface area contributed by atoms with Gasteiger partial charge in [-0.1, -0.05) is 32.9 Å². The van der Waals surface area contributed by atoms with Gasteiger partial charge in [0.25, 0.3) is 5.91 Å². The van der Waals surface area contributed by atoms with Crippen LogP contribution in [0.15, 0.2) is 47.0 Å². The number of fused-ring (bicyclic) bond motifs is 1. The highest BCUT2D eigenvalue weighted by Crippen LogP contribution is 2.37. The van der Waals surface area contributed by atoms with E-state index >= 15 is 0 Å². The number of carbonyl (C=O) groups excluding carboxylic acids is 1. The minimum absolute atomic E-state index is 0.0371. The Hall–Kier alpha value is -2.58. The summed E-state index contributed by atoms with van der Waals surface area (Å²) in [6, 6.07) is 1.61. The topological polar surface area (TPSA) is 83.0 Å². The summed E-state index contributed by atoms with van der Waals surface area (Å²) in [7, 11) is 0. The lowest BCUT2D eigenvalue weighted by Gasteiger charge is -2.35. The summed E-state index contributed by atoms with van der Waals surface area (Å²) in [5.74, 6) is 2.10. The molecule has 8 heteroatoms. The van der Waals surface area contributed by atoms with Crippen molar-refractivity contribution in [2.45, 2.75) is 52.6 Å². The zero-order valence-corrected chi connectivity index (χ0v) is 19.8. The number of aromatic nitrogens is 2. The molecule has 4 aliphatic rings. The molecular formula is C25H34N6O2. The third kappa shape index (κ3) is 4.87. The number of amides is 1. The van der Waals surface area contributed by atoms with E-state index in [2.05, 4.69) is 53.1 Å². The molecule has 1 aromatic rings. The monoisotopic (exact) mass is 450 g/mol. The normalized spacial score (nSPS) is 28.0. The number of likely N-dealkylation sites (tertiary alicyclic amines) is 1. The van der Waals surface area contributed by atoms with E-state index in [4.69, 9.17) is 9.84 Å². The van der Waals surface area contributed by atoms with Crippen molar-refractivity contribution in [2.24, 2.45) is 22.4 Å². The Balaban J connectivity index is 1.41. The van der Waals surface area contributed by atoms with Crippen molar-refractivity contribution in [3.05, 3.63) is 47.7 Å². The molecule has 2 saturated heterocycles. The molecular weight excluding hydrogens is 416 g/mol. The molecule has 33 heavy (non-hydrogen) atoms. The Labute approximate surface area is 195 Å².